The first kappa shape index (κ1) is 34.0. The third-order valence-corrected chi connectivity index (χ3v) is 11.1. The zero-order chi connectivity index (χ0) is 34.1. The van der Waals surface area contributed by atoms with Crippen molar-refractivity contribution in [3.8, 4) is 5.75 Å². The van der Waals surface area contributed by atoms with E-state index in [0.717, 1.165) is 18.4 Å². The normalized spacial score (nSPS) is 24.5. The highest BCUT2D eigenvalue weighted by Crippen LogP contribution is 2.46. The largest absolute Gasteiger partial charge is 0.496 e. The second-order valence-electron chi connectivity index (χ2n) is 13.1. The van der Waals surface area contributed by atoms with Crippen LogP contribution < -0.4 is 10.1 Å². The number of carbonyl (C=O) groups is 4. The maximum Gasteiger partial charge on any atom is 0.334 e. The van der Waals surface area contributed by atoms with E-state index in [1.165, 1.54) is 12.1 Å². The number of hydrogen-bond acceptors (Lipinski definition) is 7. The number of nitrogens with zero attached hydrogens (tertiary/aromatic N) is 2. The van der Waals surface area contributed by atoms with E-state index in [9.17, 15) is 29.4 Å². The molecule has 2 heterocycles. The van der Waals surface area contributed by atoms with Gasteiger partial charge in [-0.25, -0.2) is 9.59 Å². The van der Waals surface area contributed by atoms with Gasteiger partial charge in [0.15, 0.2) is 0 Å². The molecule has 2 aromatic rings. The fourth-order valence-electron chi connectivity index (χ4n) is 8.14. The van der Waals surface area contributed by atoms with Crippen molar-refractivity contribution in [1.82, 2.24) is 15.1 Å². The number of methoxy groups -OCH3 is 1. The predicted molar refractivity (Wildman–Crippen MR) is 180 cm³/mol. The molecule has 0 spiro atoms. The molecule has 0 radical (unpaired) electrons. The first-order valence-electron chi connectivity index (χ1n) is 16.3. The summed E-state index contributed by atoms with van der Waals surface area (Å²) in [7, 11) is 1.56. The molecule has 3 atom stereocenters. The number of carbonyl (C=O) groups excluding carboxylic acids is 2. The van der Waals surface area contributed by atoms with Gasteiger partial charge >= 0.3 is 11.9 Å². The van der Waals surface area contributed by atoms with Crippen molar-refractivity contribution in [3.05, 3.63) is 86.2 Å². The molecule has 1 amide bonds. The number of dihydropyridines is 1. The molecule has 4 aliphatic rings. The zero-order valence-electron chi connectivity index (χ0n) is 26.7. The Morgan fingerprint density at radius 2 is 1.46 bits per heavy atom. The highest BCUT2D eigenvalue weighted by atomic mass is 35.5. The van der Waals surface area contributed by atoms with Gasteiger partial charge in [0, 0.05) is 72.1 Å². The van der Waals surface area contributed by atoms with E-state index in [2.05, 4.69) is 10.2 Å². The average molecular weight is 697 g/mol. The number of carboxylic acids is 2. The summed E-state index contributed by atoms with van der Waals surface area (Å²) >= 11 is 13.2. The van der Waals surface area contributed by atoms with Crippen LogP contribution in [0.4, 0.5) is 0 Å². The van der Waals surface area contributed by atoms with Gasteiger partial charge in [0.1, 0.15) is 11.5 Å². The molecule has 3 fully saturated rings. The third-order valence-electron chi connectivity index (χ3n) is 10.4. The van der Waals surface area contributed by atoms with Crippen molar-refractivity contribution in [2.24, 2.45) is 11.8 Å². The summed E-state index contributed by atoms with van der Waals surface area (Å²) in [6.07, 6.45) is 3.73. The van der Waals surface area contributed by atoms with Crippen LogP contribution in [0.5, 0.6) is 5.75 Å². The molecule has 10 nitrogen and oxygen atoms in total. The monoisotopic (exact) mass is 695 g/mol. The number of benzene rings is 2. The summed E-state index contributed by atoms with van der Waals surface area (Å²) in [6.45, 7) is 2.39. The molecule has 2 aliphatic heterocycles. The number of hydrogen-bond donors (Lipinski definition) is 3. The molecule has 254 valence electrons. The van der Waals surface area contributed by atoms with Crippen LogP contribution in [0.3, 0.4) is 0 Å². The minimum Gasteiger partial charge on any atom is -0.496 e. The molecule has 2 aliphatic carbocycles. The van der Waals surface area contributed by atoms with E-state index in [1.54, 1.807) is 18.1 Å². The van der Waals surface area contributed by atoms with E-state index >= 15 is 0 Å². The number of ether oxygens (including phenoxy) is 1. The van der Waals surface area contributed by atoms with Crippen LogP contribution in [0.1, 0.15) is 55.6 Å². The number of aryl methyl sites for hydroxylation is 1. The number of halogens is 2. The van der Waals surface area contributed by atoms with Gasteiger partial charge in [-0.3, -0.25) is 14.5 Å². The lowest BCUT2D eigenvalue weighted by Crippen LogP contribution is -2.52. The smallest absolute Gasteiger partial charge is 0.334 e. The summed E-state index contributed by atoms with van der Waals surface area (Å²) in [6, 6.07) is 12.5. The van der Waals surface area contributed by atoms with Crippen LogP contribution in [0.15, 0.2) is 65.0 Å². The Balaban J connectivity index is 1.27. The minimum absolute atomic E-state index is 0.115. The number of nitrogens with one attached hydrogen (secondary N) is 1. The topological polar surface area (TPSA) is 136 Å². The molecule has 3 unspecified atom stereocenters. The number of aliphatic carboxylic acids is 2. The van der Waals surface area contributed by atoms with Crippen molar-refractivity contribution in [2.75, 3.05) is 33.3 Å². The quantitative estimate of drug-likeness (QED) is 0.303. The van der Waals surface area contributed by atoms with Gasteiger partial charge in [0.25, 0.3) is 0 Å². The fraction of sp³-hybridized carbons (Fsp3) is 0.444. The highest BCUT2D eigenvalue weighted by molar-refractivity contribution is 6.36. The molecule has 0 aromatic heterocycles. The number of ketones is 1. The maximum atomic E-state index is 13.8. The first-order valence-corrected chi connectivity index (χ1v) is 17.1. The van der Waals surface area contributed by atoms with Crippen molar-refractivity contribution in [1.29, 1.82) is 0 Å². The predicted octanol–water partition coefficient (Wildman–Crippen LogP) is 5.29. The molecule has 6 rings (SSSR count). The number of amides is 1. The van der Waals surface area contributed by atoms with Crippen molar-refractivity contribution < 1.29 is 34.1 Å². The van der Waals surface area contributed by atoms with E-state index in [0.29, 0.717) is 74.9 Å². The highest BCUT2D eigenvalue weighted by Gasteiger charge is 2.44. The van der Waals surface area contributed by atoms with E-state index in [4.69, 9.17) is 27.9 Å². The fourth-order valence-corrected chi connectivity index (χ4v) is 8.76. The van der Waals surface area contributed by atoms with Crippen LogP contribution in [0.2, 0.25) is 10.0 Å². The SMILES string of the molecule is COc1ccccc1CCC1=C(C(=O)O)C(c2c(Cl)cccc2Cl)C(C(=O)O)=C(CC(=O)N2CCN(C3CC4CC(=O)CC4C3)CC2)N1. The van der Waals surface area contributed by atoms with Crippen LogP contribution in [-0.4, -0.2) is 83.0 Å². The molecule has 0 bridgehead atoms. The molecule has 1 saturated heterocycles. The third kappa shape index (κ3) is 6.84. The molecule has 12 heteroatoms. The van der Waals surface area contributed by atoms with Gasteiger partial charge in [-0.2, -0.15) is 0 Å². The molecular formula is C36H39Cl2N3O7. The van der Waals surface area contributed by atoms with E-state index < -0.39 is 17.9 Å². The molecule has 2 aromatic carbocycles. The number of allylic oxidation sites excluding steroid dienone is 1. The second kappa shape index (κ2) is 14.3. The Kier molecular flexibility index (Phi) is 10.1. The summed E-state index contributed by atoms with van der Waals surface area (Å²) < 4.78 is 5.49. The Morgan fingerprint density at radius 1 is 0.854 bits per heavy atom. The lowest BCUT2D eigenvalue weighted by Gasteiger charge is -2.39. The lowest BCUT2D eigenvalue weighted by atomic mass is 9.78. The number of para-hydroxylation sites is 1. The second-order valence-corrected chi connectivity index (χ2v) is 13.9. The van der Waals surface area contributed by atoms with Crippen LogP contribution in [-0.2, 0) is 25.6 Å². The molecule has 48 heavy (non-hydrogen) atoms. The van der Waals surface area contributed by atoms with Gasteiger partial charge in [0.05, 0.1) is 30.6 Å². The summed E-state index contributed by atoms with van der Waals surface area (Å²) in [5.41, 5.74) is 0.926. The summed E-state index contributed by atoms with van der Waals surface area (Å²) in [4.78, 5) is 55.8. The first-order chi connectivity index (χ1) is 23.0. The molecular weight excluding hydrogens is 657 g/mol. The Hall–Kier alpha value is -3.86. The average Bonchev–Trinajstić information content (AvgIpc) is 3.61. The number of fused-ring (bicyclic) bond motifs is 1. The molecule has 2 saturated carbocycles. The number of carboxylic acid groups (broad SMARTS) is 2. The van der Waals surface area contributed by atoms with Crippen molar-refractivity contribution >= 4 is 46.8 Å². The Bertz CT molecular complexity index is 1660. The van der Waals surface area contributed by atoms with Gasteiger partial charge in [-0.15, -0.1) is 0 Å². The minimum atomic E-state index is -1.37. The lowest BCUT2D eigenvalue weighted by molar-refractivity contribution is -0.133. The van der Waals surface area contributed by atoms with Gasteiger partial charge in [-0.05, 0) is 61.3 Å². The summed E-state index contributed by atoms with van der Waals surface area (Å²) in [5, 5.41) is 24.5. The maximum absolute atomic E-state index is 13.8. The van der Waals surface area contributed by atoms with Crippen LogP contribution >= 0.6 is 23.2 Å². The van der Waals surface area contributed by atoms with Gasteiger partial charge in [-0.1, -0.05) is 47.5 Å². The molecule has 3 N–H and O–H groups in total. The standard InChI is InChI=1S/C36H39Cl2N3O7/c1-48-29-8-3-2-5-20(29)9-10-27-32(35(44)45)34(31-25(37)6-4-7-26(31)38)33(36(46)47)28(39-27)19-30(43)41-13-11-40(12-14-41)23-15-21-17-24(42)18-22(21)16-23/h2-8,21-23,34,39H,9-19H2,1H3,(H,44,45)(H,46,47). The number of rotatable bonds is 10. The van der Waals surface area contributed by atoms with E-state index in [-0.39, 0.29) is 56.9 Å². The van der Waals surface area contributed by atoms with Crippen LogP contribution in [0, 0.1) is 11.8 Å². The van der Waals surface area contributed by atoms with E-state index in [1.807, 2.05) is 24.3 Å². The number of piperazine rings is 1. The van der Waals surface area contributed by atoms with Crippen molar-refractivity contribution in [3.63, 3.8) is 0 Å². The zero-order valence-corrected chi connectivity index (χ0v) is 28.2. The van der Waals surface area contributed by atoms with Crippen molar-refractivity contribution in [2.45, 2.75) is 56.9 Å². The van der Waals surface area contributed by atoms with Gasteiger partial charge in [0.2, 0.25) is 5.91 Å². The Labute approximate surface area is 289 Å². The van der Waals surface area contributed by atoms with Gasteiger partial charge < -0.3 is 25.2 Å². The van der Waals surface area contributed by atoms with Crippen LogP contribution in [0.25, 0.3) is 0 Å². The Morgan fingerprint density at radius 3 is 2.06 bits per heavy atom. The number of Topliss-reactive ketones (excluding diaryl/α,β-unsaturated/α-hetero) is 1. The summed E-state index contributed by atoms with van der Waals surface area (Å²) in [5.74, 6) is -2.31.